The van der Waals surface area contributed by atoms with Crippen LogP contribution in [0.15, 0.2) is 18.2 Å². The molecule has 110 valence electrons. The van der Waals surface area contributed by atoms with Crippen LogP contribution in [0.25, 0.3) is 0 Å². The molecule has 0 heterocycles. The number of hydrogen-bond acceptors (Lipinski definition) is 3. The molecule has 1 amide bonds. The average molecular weight is 317 g/mol. The zero-order valence-corrected chi connectivity index (χ0v) is 12.5. The number of amides is 1. The van der Waals surface area contributed by atoms with Crippen molar-refractivity contribution in [2.75, 3.05) is 6.54 Å². The van der Waals surface area contributed by atoms with E-state index in [0.717, 1.165) is 12.8 Å². The standard InChI is InChI=1S/C14H18Cl2N2O2/c15-10-5-9(6-11(16)7-10)12(19)8-18-13(20)14(17)3-1-2-4-14/h5-7,12,19H,1-4,8,17H2,(H,18,20). The summed E-state index contributed by atoms with van der Waals surface area (Å²) >= 11 is 11.8. The molecule has 0 spiro atoms. The average Bonchev–Trinajstić information content (AvgIpc) is 2.82. The fourth-order valence-corrected chi connectivity index (χ4v) is 3.03. The first-order chi connectivity index (χ1) is 9.40. The highest BCUT2D eigenvalue weighted by Crippen LogP contribution is 2.27. The number of benzene rings is 1. The molecule has 6 heteroatoms. The van der Waals surface area contributed by atoms with Crippen molar-refractivity contribution in [2.24, 2.45) is 5.73 Å². The Morgan fingerprint density at radius 3 is 2.40 bits per heavy atom. The number of halogens is 2. The second-order valence-corrected chi connectivity index (χ2v) is 6.16. The quantitative estimate of drug-likeness (QED) is 0.798. The van der Waals surface area contributed by atoms with Crippen molar-refractivity contribution in [3.8, 4) is 0 Å². The van der Waals surface area contributed by atoms with E-state index in [-0.39, 0.29) is 12.5 Å². The Hall–Kier alpha value is -0.810. The summed E-state index contributed by atoms with van der Waals surface area (Å²) in [4.78, 5) is 12.0. The van der Waals surface area contributed by atoms with Crippen molar-refractivity contribution in [1.82, 2.24) is 5.32 Å². The molecule has 0 bridgehead atoms. The lowest BCUT2D eigenvalue weighted by atomic mass is 9.98. The SMILES string of the molecule is NC1(C(=O)NCC(O)c2cc(Cl)cc(Cl)c2)CCCC1. The van der Waals surface area contributed by atoms with Crippen molar-refractivity contribution in [1.29, 1.82) is 0 Å². The second-order valence-electron chi connectivity index (χ2n) is 5.29. The summed E-state index contributed by atoms with van der Waals surface area (Å²) < 4.78 is 0. The normalized spacial score (nSPS) is 18.8. The van der Waals surface area contributed by atoms with Crippen LogP contribution in [0, 0.1) is 0 Å². The van der Waals surface area contributed by atoms with Gasteiger partial charge in [-0.3, -0.25) is 4.79 Å². The summed E-state index contributed by atoms with van der Waals surface area (Å²) in [5, 5.41) is 13.7. The Morgan fingerprint density at radius 1 is 1.30 bits per heavy atom. The van der Waals surface area contributed by atoms with E-state index in [2.05, 4.69) is 5.32 Å². The number of nitrogens with one attached hydrogen (secondary N) is 1. The molecule has 1 fully saturated rings. The zero-order chi connectivity index (χ0) is 14.8. The summed E-state index contributed by atoms with van der Waals surface area (Å²) in [6.07, 6.45) is 2.46. The maximum atomic E-state index is 12.0. The van der Waals surface area contributed by atoms with Gasteiger partial charge in [-0.05, 0) is 36.6 Å². The Morgan fingerprint density at radius 2 is 1.85 bits per heavy atom. The minimum Gasteiger partial charge on any atom is -0.387 e. The van der Waals surface area contributed by atoms with Crippen molar-refractivity contribution in [3.05, 3.63) is 33.8 Å². The Kier molecular flexibility index (Phi) is 4.91. The molecule has 0 saturated heterocycles. The molecule has 0 aliphatic heterocycles. The number of nitrogens with two attached hydrogens (primary N) is 1. The van der Waals surface area contributed by atoms with E-state index in [1.807, 2.05) is 0 Å². The third kappa shape index (κ3) is 3.64. The lowest BCUT2D eigenvalue weighted by molar-refractivity contribution is -0.126. The number of carbonyl (C=O) groups excluding carboxylic acids is 1. The summed E-state index contributed by atoms with van der Waals surface area (Å²) in [6, 6.07) is 4.83. The predicted octanol–water partition coefficient (Wildman–Crippen LogP) is 2.41. The van der Waals surface area contributed by atoms with Gasteiger partial charge in [0.1, 0.15) is 0 Å². The molecule has 0 radical (unpaired) electrons. The number of carbonyl (C=O) groups is 1. The minimum absolute atomic E-state index is 0.0917. The van der Waals surface area contributed by atoms with Crippen LogP contribution >= 0.6 is 23.2 Å². The predicted molar refractivity (Wildman–Crippen MR) is 79.8 cm³/mol. The highest BCUT2D eigenvalue weighted by Gasteiger charge is 2.36. The van der Waals surface area contributed by atoms with Crippen LogP contribution in [-0.2, 0) is 4.79 Å². The first-order valence-electron chi connectivity index (χ1n) is 6.62. The Bertz CT molecular complexity index is 482. The largest absolute Gasteiger partial charge is 0.387 e. The lowest BCUT2D eigenvalue weighted by Crippen LogP contribution is -2.52. The zero-order valence-electron chi connectivity index (χ0n) is 11.0. The van der Waals surface area contributed by atoms with Gasteiger partial charge in [0.15, 0.2) is 0 Å². The van der Waals surface area contributed by atoms with E-state index in [4.69, 9.17) is 28.9 Å². The van der Waals surface area contributed by atoms with Gasteiger partial charge < -0.3 is 16.2 Å². The third-order valence-corrected chi connectivity index (χ3v) is 4.11. The molecular weight excluding hydrogens is 299 g/mol. The Labute approximate surface area is 128 Å². The molecule has 20 heavy (non-hydrogen) atoms. The van der Waals surface area contributed by atoms with Crippen molar-refractivity contribution in [2.45, 2.75) is 37.3 Å². The van der Waals surface area contributed by atoms with Gasteiger partial charge >= 0.3 is 0 Å². The van der Waals surface area contributed by atoms with Crippen molar-refractivity contribution >= 4 is 29.1 Å². The molecule has 1 saturated carbocycles. The summed E-state index contributed by atoms with van der Waals surface area (Å²) in [5.41, 5.74) is 5.82. The van der Waals surface area contributed by atoms with Gasteiger partial charge in [-0.1, -0.05) is 36.0 Å². The molecule has 2 rings (SSSR count). The molecular formula is C14H18Cl2N2O2. The van der Waals surface area contributed by atoms with Crippen LogP contribution in [0.5, 0.6) is 0 Å². The fourth-order valence-electron chi connectivity index (χ4n) is 2.48. The van der Waals surface area contributed by atoms with E-state index in [1.54, 1.807) is 18.2 Å². The molecule has 1 atom stereocenters. The van der Waals surface area contributed by atoms with Crippen LogP contribution in [0.3, 0.4) is 0 Å². The number of aliphatic hydroxyl groups is 1. The van der Waals surface area contributed by atoms with Gasteiger partial charge in [0.2, 0.25) is 5.91 Å². The first-order valence-corrected chi connectivity index (χ1v) is 7.37. The molecule has 1 aliphatic rings. The molecule has 4 N–H and O–H groups in total. The second kappa shape index (κ2) is 6.31. The van der Waals surface area contributed by atoms with Gasteiger partial charge in [0.25, 0.3) is 0 Å². The smallest absolute Gasteiger partial charge is 0.240 e. The summed E-state index contributed by atoms with van der Waals surface area (Å²) in [6.45, 7) is 0.0917. The van der Waals surface area contributed by atoms with E-state index in [0.29, 0.717) is 28.5 Å². The van der Waals surface area contributed by atoms with Crippen molar-refractivity contribution in [3.63, 3.8) is 0 Å². The fraction of sp³-hybridized carbons (Fsp3) is 0.500. The van der Waals surface area contributed by atoms with Crippen LogP contribution < -0.4 is 11.1 Å². The molecule has 0 aromatic heterocycles. The monoisotopic (exact) mass is 316 g/mol. The number of aliphatic hydroxyl groups excluding tert-OH is 1. The summed E-state index contributed by atoms with van der Waals surface area (Å²) in [5.74, 6) is -0.206. The van der Waals surface area contributed by atoms with E-state index in [9.17, 15) is 9.90 Å². The number of hydrogen-bond donors (Lipinski definition) is 3. The number of rotatable bonds is 4. The van der Waals surface area contributed by atoms with Gasteiger partial charge in [-0.25, -0.2) is 0 Å². The minimum atomic E-state index is -0.861. The van der Waals surface area contributed by atoms with Crippen LogP contribution in [0.4, 0.5) is 0 Å². The molecule has 1 aromatic rings. The lowest BCUT2D eigenvalue weighted by Gasteiger charge is -2.23. The van der Waals surface area contributed by atoms with Gasteiger partial charge in [0.05, 0.1) is 11.6 Å². The van der Waals surface area contributed by atoms with E-state index >= 15 is 0 Å². The van der Waals surface area contributed by atoms with Gasteiger partial charge in [-0.2, -0.15) is 0 Å². The topological polar surface area (TPSA) is 75.4 Å². The van der Waals surface area contributed by atoms with Gasteiger partial charge in [0, 0.05) is 16.6 Å². The highest BCUT2D eigenvalue weighted by atomic mass is 35.5. The first kappa shape index (κ1) is 15.6. The maximum absolute atomic E-state index is 12.0. The van der Waals surface area contributed by atoms with E-state index in [1.165, 1.54) is 0 Å². The van der Waals surface area contributed by atoms with E-state index < -0.39 is 11.6 Å². The van der Waals surface area contributed by atoms with Crippen LogP contribution in [0.2, 0.25) is 10.0 Å². The van der Waals surface area contributed by atoms with Crippen LogP contribution in [-0.4, -0.2) is 23.1 Å². The third-order valence-electron chi connectivity index (χ3n) is 3.67. The van der Waals surface area contributed by atoms with Crippen LogP contribution in [0.1, 0.15) is 37.4 Å². The highest BCUT2D eigenvalue weighted by molar-refractivity contribution is 6.34. The molecule has 1 aromatic carbocycles. The van der Waals surface area contributed by atoms with Crippen molar-refractivity contribution < 1.29 is 9.90 Å². The Balaban J connectivity index is 1.94. The molecule has 4 nitrogen and oxygen atoms in total. The maximum Gasteiger partial charge on any atom is 0.240 e. The van der Waals surface area contributed by atoms with Gasteiger partial charge in [-0.15, -0.1) is 0 Å². The molecule has 1 unspecified atom stereocenters. The summed E-state index contributed by atoms with van der Waals surface area (Å²) in [7, 11) is 0. The molecule has 1 aliphatic carbocycles.